The van der Waals surface area contributed by atoms with Crippen LogP contribution < -0.4 is 4.90 Å². The predicted octanol–water partition coefficient (Wildman–Crippen LogP) is 5.18. The molecule has 0 aliphatic carbocycles. The van der Waals surface area contributed by atoms with Crippen molar-refractivity contribution in [2.75, 3.05) is 4.90 Å². The Morgan fingerprint density at radius 1 is 0.933 bits per heavy atom. The van der Waals surface area contributed by atoms with Crippen molar-refractivity contribution in [3.05, 3.63) is 119 Å². The number of rotatable bonds is 5. The van der Waals surface area contributed by atoms with E-state index in [1.54, 1.807) is 12.1 Å². The molecule has 0 bridgehead atoms. The molecule has 148 valence electrons. The van der Waals surface area contributed by atoms with E-state index >= 15 is 0 Å². The molecule has 0 fully saturated rings. The quantitative estimate of drug-likeness (QED) is 0.606. The molecule has 1 N–H and O–H groups in total. The second-order valence-corrected chi connectivity index (χ2v) is 7.20. The number of anilines is 1. The molecule has 1 atom stereocenters. The number of carbonyl (C=O) groups is 2. The monoisotopic (exact) mass is 395 g/mol. The number of aliphatic hydroxyl groups excluding tert-OH is 1. The first-order chi connectivity index (χ1) is 14.6. The van der Waals surface area contributed by atoms with Gasteiger partial charge in [0, 0.05) is 5.69 Å². The van der Waals surface area contributed by atoms with Gasteiger partial charge in [0.2, 0.25) is 0 Å². The fourth-order valence-electron chi connectivity index (χ4n) is 3.68. The third kappa shape index (κ3) is 3.67. The number of aliphatic hydroxyl groups is 1. The minimum absolute atomic E-state index is 0.0832. The maximum Gasteiger partial charge on any atom is 0.294 e. The highest BCUT2D eigenvalue weighted by molar-refractivity contribution is 6.19. The number of carbonyl (C=O) groups excluding carboxylic acids is 2. The van der Waals surface area contributed by atoms with Crippen LogP contribution in [0.5, 0.6) is 0 Å². The number of benzene rings is 3. The standard InChI is InChI=1S/C26H21NO3/c1-18-9-8-14-21(17-18)27-24(20-12-6-3-7-13-20)23(25(29)26(27)30)22(28)16-15-19-10-4-2-5-11-19/h2-17,24,29H,1H3/b16-15+. The summed E-state index contributed by atoms with van der Waals surface area (Å²) in [4.78, 5) is 27.6. The Bertz CT molecular complexity index is 1150. The molecule has 3 aromatic rings. The summed E-state index contributed by atoms with van der Waals surface area (Å²) >= 11 is 0. The summed E-state index contributed by atoms with van der Waals surface area (Å²) in [6.07, 6.45) is 3.09. The zero-order chi connectivity index (χ0) is 21.1. The molecular formula is C26H21NO3. The molecule has 1 aliphatic rings. The number of hydrogen-bond donors (Lipinski definition) is 1. The van der Waals surface area contributed by atoms with Crippen molar-refractivity contribution in [3.63, 3.8) is 0 Å². The molecule has 4 rings (SSSR count). The second-order valence-electron chi connectivity index (χ2n) is 7.20. The van der Waals surface area contributed by atoms with Gasteiger partial charge < -0.3 is 5.11 Å². The zero-order valence-corrected chi connectivity index (χ0v) is 16.5. The van der Waals surface area contributed by atoms with Crippen LogP contribution in [0.2, 0.25) is 0 Å². The van der Waals surface area contributed by atoms with Crippen LogP contribution in [0.4, 0.5) is 5.69 Å². The molecule has 1 heterocycles. The fourth-order valence-corrected chi connectivity index (χ4v) is 3.68. The third-order valence-corrected chi connectivity index (χ3v) is 5.10. The first kappa shape index (κ1) is 19.4. The smallest absolute Gasteiger partial charge is 0.294 e. The van der Waals surface area contributed by atoms with Crippen molar-refractivity contribution in [2.24, 2.45) is 0 Å². The average molecular weight is 395 g/mol. The Hall–Kier alpha value is -3.92. The number of hydrogen-bond acceptors (Lipinski definition) is 3. The van der Waals surface area contributed by atoms with E-state index < -0.39 is 23.5 Å². The van der Waals surface area contributed by atoms with Gasteiger partial charge in [0.05, 0.1) is 11.6 Å². The maximum absolute atomic E-state index is 13.1. The van der Waals surface area contributed by atoms with Gasteiger partial charge in [-0.1, -0.05) is 78.9 Å². The molecular weight excluding hydrogens is 374 g/mol. The van der Waals surface area contributed by atoms with Gasteiger partial charge in [-0.15, -0.1) is 0 Å². The first-order valence-corrected chi connectivity index (χ1v) is 9.72. The van der Waals surface area contributed by atoms with Gasteiger partial charge >= 0.3 is 0 Å². The van der Waals surface area contributed by atoms with E-state index in [1.165, 1.54) is 11.0 Å². The van der Waals surface area contributed by atoms with Gasteiger partial charge in [-0.3, -0.25) is 14.5 Å². The molecule has 4 heteroatoms. The van der Waals surface area contributed by atoms with Crippen LogP contribution in [0.15, 0.2) is 102 Å². The van der Waals surface area contributed by atoms with Crippen molar-refractivity contribution in [1.82, 2.24) is 0 Å². The number of allylic oxidation sites excluding steroid dienone is 1. The summed E-state index contributed by atoms with van der Waals surface area (Å²) < 4.78 is 0. The molecule has 0 radical (unpaired) electrons. The largest absolute Gasteiger partial charge is 0.503 e. The van der Waals surface area contributed by atoms with Crippen molar-refractivity contribution in [1.29, 1.82) is 0 Å². The Labute approximate surface area is 175 Å². The lowest BCUT2D eigenvalue weighted by molar-refractivity contribution is -0.117. The number of nitrogens with zero attached hydrogens (tertiary/aromatic N) is 1. The van der Waals surface area contributed by atoms with E-state index in [2.05, 4.69) is 0 Å². The summed E-state index contributed by atoms with van der Waals surface area (Å²) in [5, 5.41) is 10.7. The lowest BCUT2D eigenvalue weighted by Crippen LogP contribution is -2.30. The van der Waals surface area contributed by atoms with Gasteiger partial charge in [0.25, 0.3) is 5.91 Å². The normalized spacial score (nSPS) is 16.5. The fraction of sp³-hybridized carbons (Fsp3) is 0.0769. The molecule has 1 unspecified atom stereocenters. The van der Waals surface area contributed by atoms with E-state index in [-0.39, 0.29) is 5.57 Å². The molecule has 0 saturated heterocycles. The highest BCUT2D eigenvalue weighted by Gasteiger charge is 2.43. The van der Waals surface area contributed by atoms with E-state index in [0.29, 0.717) is 5.69 Å². The van der Waals surface area contributed by atoms with Crippen molar-refractivity contribution < 1.29 is 14.7 Å². The lowest BCUT2D eigenvalue weighted by atomic mass is 9.95. The topological polar surface area (TPSA) is 57.6 Å². The van der Waals surface area contributed by atoms with Crippen LogP contribution >= 0.6 is 0 Å². The summed E-state index contributed by atoms with van der Waals surface area (Å²) in [5.41, 5.74) is 3.32. The van der Waals surface area contributed by atoms with E-state index in [0.717, 1.165) is 16.7 Å². The lowest BCUT2D eigenvalue weighted by Gasteiger charge is -2.27. The molecule has 30 heavy (non-hydrogen) atoms. The number of amides is 1. The summed E-state index contributed by atoms with van der Waals surface area (Å²) in [7, 11) is 0. The van der Waals surface area contributed by atoms with Crippen LogP contribution in [0.1, 0.15) is 22.7 Å². The van der Waals surface area contributed by atoms with E-state index in [1.807, 2.05) is 85.8 Å². The van der Waals surface area contributed by atoms with Crippen LogP contribution in [0, 0.1) is 6.92 Å². The number of ketones is 1. The SMILES string of the molecule is Cc1cccc(N2C(=O)C(O)=C(C(=O)/C=C/c3ccccc3)C2c2ccccc2)c1. The van der Waals surface area contributed by atoms with Crippen LogP contribution in [-0.2, 0) is 9.59 Å². The second kappa shape index (κ2) is 8.21. The average Bonchev–Trinajstić information content (AvgIpc) is 3.04. The van der Waals surface area contributed by atoms with Gasteiger partial charge in [-0.2, -0.15) is 0 Å². The molecule has 1 amide bonds. The van der Waals surface area contributed by atoms with E-state index in [9.17, 15) is 14.7 Å². The van der Waals surface area contributed by atoms with Crippen LogP contribution in [0.25, 0.3) is 6.08 Å². The molecule has 4 nitrogen and oxygen atoms in total. The van der Waals surface area contributed by atoms with Crippen molar-refractivity contribution in [2.45, 2.75) is 13.0 Å². The van der Waals surface area contributed by atoms with E-state index in [4.69, 9.17) is 0 Å². The molecule has 1 aliphatic heterocycles. The van der Waals surface area contributed by atoms with Crippen molar-refractivity contribution in [3.8, 4) is 0 Å². The minimum Gasteiger partial charge on any atom is -0.503 e. The molecule has 0 saturated carbocycles. The third-order valence-electron chi connectivity index (χ3n) is 5.10. The first-order valence-electron chi connectivity index (χ1n) is 9.72. The number of aryl methyl sites for hydroxylation is 1. The highest BCUT2D eigenvalue weighted by atomic mass is 16.3. The predicted molar refractivity (Wildman–Crippen MR) is 118 cm³/mol. The Morgan fingerprint density at radius 3 is 2.27 bits per heavy atom. The van der Waals surface area contributed by atoms with Gasteiger partial charge in [-0.25, -0.2) is 0 Å². The van der Waals surface area contributed by atoms with Crippen LogP contribution in [0.3, 0.4) is 0 Å². The maximum atomic E-state index is 13.1. The molecule has 0 aromatic heterocycles. The van der Waals surface area contributed by atoms with Gasteiger partial charge in [0.1, 0.15) is 0 Å². The summed E-state index contributed by atoms with van der Waals surface area (Å²) in [5.74, 6) is -1.48. The summed E-state index contributed by atoms with van der Waals surface area (Å²) in [6.45, 7) is 1.93. The summed E-state index contributed by atoms with van der Waals surface area (Å²) in [6, 6.07) is 25.5. The van der Waals surface area contributed by atoms with Gasteiger partial charge in [0.15, 0.2) is 11.5 Å². The highest BCUT2D eigenvalue weighted by Crippen LogP contribution is 2.41. The van der Waals surface area contributed by atoms with Crippen molar-refractivity contribution >= 4 is 23.5 Å². The Kier molecular flexibility index (Phi) is 5.31. The van der Waals surface area contributed by atoms with Gasteiger partial charge in [-0.05, 0) is 41.8 Å². The minimum atomic E-state index is -0.701. The molecule has 3 aromatic carbocycles. The Balaban J connectivity index is 1.78. The zero-order valence-electron chi connectivity index (χ0n) is 16.5. The van der Waals surface area contributed by atoms with Crippen LogP contribution in [-0.4, -0.2) is 16.8 Å². The molecule has 0 spiro atoms. The Morgan fingerprint density at radius 2 is 1.60 bits per heavy atom.